The second kappa shape index (κ2) is 14.3. The summed E-state index contributed by atoms with van der Waals surface area (Å²) in [6.45, 7) is 0. The molecule has 0 atom stereocenters. The van der Waals surface area contributed by atoms with Crippen molar-refractivity contribution in [3.05, 3.63) is 219 Å². The molecule has 4 heteroatoms. The summed E-state index contributed by atoms with van der Waals surface area (Å²) in [5.74, 6) is 0.658. The summed E-state index contributed by atoms with van der Waals surface area (Å²) in [4.78, 5) is 11.6. The lowest BCUT2D eigenvalue weighted by molar-refractivity contribution is 0.988. The molecule has 0 unspecified atom stereocenters. The van der Waals surface area contributed by atoms with E-state index in [1.807, 2.05) is 6.07 Å². The standard InChI is InChI=1S/C52H36N4/c1-4-11-37(12-5-1)40-17-25-45(26-18-40)55(46-27-19-41(20-28-46)38-13-6-2-7-14-38)47-29-21-42(22-30-47)44-24-32-51-49(36-44)48-35-43(39-15-8-3-9-16-39)23-31-50(48)56(51)52-53-33-10-34-54-52/h1-36H. The van der Waals surface area contributed by atoms with E-state index >= 15 is 0 Å². The van der Waals surface area contributed by atoms with Crippen LogP contribution in [0.4, 0.5) is 17.1 Å². The van der Waals surface area contributed by atoms with E-state index in [1.54, 1.807) is 12.4 Å². The molecule has 264 valence electrons. The summed E-state index contributed by atoms with van der Waals surface area (Å²) in [5.41, 5.74) is 14.9. The van der Waals surface area contributed by atoms with Gasteiger partial charge in [0.1, 0.15) is 0 Å². The summed E-state index contributed by atoms with van der Waals surface area (Å²) < 4.78 is 2.16. The number of hydrogen-bond donors (Lipinski definition) is 0. The molecular weight excluding hydrogens is 681 g/mol. The van der Waals surface area contributed by atoms with Crippen molar-refractivity contribution >= 4 is 38.9 Å². The van der Waals surface area contributed by atoms with Gasteiger partial charge in [-0.25, -0.2) is 9.97 Å². The van der Waals surface area contributed by atoms with Crippen LogP contribution in [0.1, 0.15) is 0 Å². The Hall–Kier alpha value is -7.56. The van der Waals surface area contributed by atoms with Crippen molar-refractivity contribution in [3.63, 3.8) is 0 Å². The summed E-state index contributed by atoms with van der Waals surface area (Å²) in [6, 6.07) is 73.4. The number of rotatable bonds is 8. The number of benzene rings is 8. The third kappa shape index (κ3) is 6.19. The number of fused-ring (bicyclic) bond motifs is 3. The Labute approximate surface area is 326 Å². The molecule has 0 bridgehead atoms. The molecule has 0 saturated heterocycles. The first kappa shape index (κ1) is 33.0. The zero-order valence-electron chi connectivity index (χ0n) is 30.6. The smallest absolute Gasteiger partial charge is 0.234 e. The third-order valence-electron chi connectivity index (χ3n) is 10.5. The Morgan fingerprint density at radius 1 is 0.304 bits per heavy atom. The van der Waals surface area contributed by atoms with E-state index in [1.165, 1.54) is 33.4 Å². The van der Waals surface area contributed by atoms with Crippen molar-refractivity contribution in [1.82, 2.24) is 14.5 Å². The van der Waals surface area contributed by atoms with Gasteiger partial charge in [-0.15, -0.1) is 0 Å². The fourth-order valence-corrected chi connectivity index (χ4v) is 7.75. The van der Waals surface area contributed by atoms with Gasteiger partial charge in [-0.2, -0.15) is 0 Å². The predicted octanol–water partition coefficient (Wildman–Crippen LogP) is 13.7. The fourth-order valence-electron chi connectivity index (χ4n) is 7.75. The van der Waals surface area contributed by atoms with Gasteiger partial charge in [0.15, 0.2) is 0 Å². The van der Waals surface area contributed by atoms with Crippen LogP contribution in [0, 0.1) is 0 Å². The summed E-state index contributed by atoms with van der Waals surface area (Å²) >= 11 is 0. The predicted molar refractivity (Wildman–Crippen MR) is 233 cm³/mol. The van der Waals surface area contributed by atoms with Gasteiger partial charge in [0.25, 0.3) is 0 Å². The van der Waals surface area contributed by atoms with Crippen LogP contribution in [0.15, 0.2) is 219 Å². The minimum Gasteiger partial charge on any atom is -0.311 e. The molecule has 0 aliphatic rings. The minimum absolute atomic E-state index is 0.658. The lowest BCUT2D eigenvalue weighted by atomic mass is 10.00. The maximum atomic E-state index is 4.65. The van der Waals surface area contributed by atoms with E-state index in [-0.39, 0.29) is 0 Å². The Bertz CT molecular complexity index is 2820. The topological polar surface area (TPSA) is 34.0 Å². The second-order valence-electron chi connectivity index (χ2n) is 13.9. The number of hydrogen-bond acceptors (Lipinski definition) is 3. The van der Waals surface area contributed by atoms with Crippen LogP contribution in [0.2, 0.25) is 0 Å². The number of anilines is 3. The fraction of sp³-hybridized carbons (Fsp3) is 0. The molecule has 0 fully saturated rings. The van der Waals surface area contributed by atoms with Crippen LogP contribution >= 0.6 is 0 Å². The van der Waals surface area contributed by atoms with E-state index < -0.39 is 0 Å². The van der Waals surface area contributed by atoms with Gasteiger partial charge in [0.05, 0.1) is 11.0 Å². The molecule has 2 heterocycles. The average Bonchev–Trinajstić information content (AvgIpc) is 3.61. The molecular formula is C52H36N4. The van der Waals surface area contributed by atoms with Crippen molar-refractivity contribution in [3.8, 4) is 50.5 Å². The molecule has 10 rings (SSSR count). The summed E-state index contributed by atoms with van der Waals surface area (Å²) in [7, 11) is 0. The Morgan fingerprint density at radius 3 is 1.02 bits per heavy atom. The maximum Gasteiger partial charge on any atom is 0.234 e. The summed E-state index contributed by atoms with van der Waals surface area (Å²) in [6.07, 6.45) is 3.60. The maximum absolute atomic E-state index is 4.65. The molecule has 10 aromatic rings. The quantitative estimate of drug-likeness (QED) is 0.157. The van der Waals surface area contributed by atoms with Gasteiger partial charge >= 0.3 is 0 Å². The zero-order chi connectivity index (χ0) is 37.3. The number of nitrogens with zero attached hydrogens (tertiary/aromatic N) is 4. The Morgan fingerprint density at radius 2 is 0.625 bits per heavy atom. The van der Waals surface area contributed by atoms with Gasteiger partial charge in [0, 0.05) is 40.2 Å². The van der Waals surface area contributed by atoms with Crippen molar-refractivity contribution in [2.45, 2.75) is 0 Å². The second-order valence-corrected chi connectivity index (χ2v) is 13.9. The zero-order valence-corrected chi connectivity index (χ0v) is 30.6. The molecule has 0 radical (unpaired) electrons. The van der Waals surface area contributed by atoms with Gasteiger partial charge in [0.2, 0.25) is 5.95 Å². The molecule has 0 N–H and O–H groups in total. The first-order valence-electron chi connectivity index (χ1n) is 18.9. The highest BCUT2D eigenvalue weighted by Crippen LogP contribution is 2.40. The molecule has 8 aromatic carbocycles. The van der Waals surface area contributed by atoms with Crippen LogP contribution in [-0.4, -0.2) is 14.5 Å². The number of aromatic nitrogens is 3. The molecule has 0 spiro atoms. The molecule has 4 nitrogen and oxygen atoms in total. The van der Waals surface area contributed by atoms with Crippen LogP contribution in [0.3, 0.4) is 0 Å². The first-order chi connectivity index (χ1) is 27.8. The van der Waals surface area contributed by atoms with E-state index in [9.17, 15) is 0 Å². The minimum atomic E-state index is 0.658. The molecule has 0 saturated carbocycles. The van der Waals surface area contributed by atoms with E-state index in [0.29, 0.717) is 5.95 Å². The summed E-state index contributed by atoms with van der Waals surface area (Å²) in [5, 5.41) is 2.32. The van der Waals surface area contributed by atoms with Crippen molar-refractivity contribution in [1.29, 1.82) is 0 Å². The van der Waals surface area contributed by atoms with Gasteiger partial charge in [-0.05, 0) is 111 Å². The Balaban J connectivity index is 1.05. The highest BCUT2D eigenvalue weighted by molar-refractivity contribution is 6.11. The highest BCUT2D eigenvalue weighted by Gasteiger charge is 2.17. The molecule has 0 aliphatic carbocycles. The Kier molecular flexibility index (Phi) is 8.47. The van der Waals surface area contributed by atoms with Gasteiger partial charge in [-0.3, -0.25) is 4.57 Å². The first-order valence-corrected chi connectivity index (χ1v) is 18.9. The van der Waals surface area contributed by atoms with Crippen LogP contribution in [0.25, 0.3) is 72.3 Å². The van der Waals surface area contributed by atoms with Crippen molar-refractivity contribution in [2.24, 2.45) is 0 Å². The van der Waals surface area contributed by atoms with Gasteiger partial charge < -0.3 is 4.90 Å². The van der Waals surface area contributed by atoms with Crippen LogP contribution < -0.4 is 4.90 Å². The average molecular weight is 717 g/mol. The highest BCUT2D eigenvalue weighted by atomic mass is 15.2. The molecule has 2 aromatic heterocycles. The SMILES string of the molecule is c1ccc(-c2ccc(N(c3ccc(-c4ccccc4)cc3)c3ccc(-c4ccc5c(c4)c4cc(-c6ccccc6)ccc4n5-c4ncccn4)cc3)cc2)cc1. The lowest BCUT2D eigenvalue weighted by Crippen LogP contribution is -2.09. The normalized spacial score (nSPS) is 11.2. The van der Waals surface area contributed by atoms with Gasteiger partial charge in [-0.1, -0.05) is 140 Å². The lowest BCUT2D eigenvalue weighted by Gasteiger charge is -2.26. The van der Waals surface area contributed by atoms with E-state index in [2.05, 4.69) is 220 Å². The monoisotopic (exact) mass is 716 g/mol. The molecule has 0 amide bonds. The van der Waals surface area contributed by atoms with Crippen molar-refractivity contribution in [2.75, 3.05) is 4.90 Å². The van der Waals surface area contributed by atoms with Crippen LogP contribution in [-0.2, 0) is 0 Å². The third-order valence-corrected chi connectivity index (χ3v) is 10.5. The van der Waals surface area contributed by atoms with E-state index in [0.717, 1.165) is 50.0 Å². The van der Waals surface area contributed by atoms with Crippen LogP contribution in [0.5, 0.6) is 0 Å². The largest absolute Gasteiger partial charge is 0.311 e. The van der Waals surface area contributed by atoms with E-state index in [4.69, 9.17) is 0 Å². The van der Waals surface area contributed by atoms with Crippen molar-refractivity contribution < 1.29 is 0 Å². The molecule has 56 heavy (non-hydrogen) atoms. The molecule has 0 aliphatic heterocycles.